The highest BCUT2D eigenvalue weighted by molar-refractivity contribution is 5.80. The summed E-state index contributed by atoms with van der Waals surface area (Å²) in [4.78, 5) is 14.1. The second-order valence-corrected chi connectivity index (χ2v) is 5.50. The minimum atomic E-state index is -4.52. The van der Waals surface area contributed by atoms with Gasteiger partial charge in [-0.05, 0) is 19.1 Å². The predicted octanol–water partition coefficient (Wildman–Crippen LogP) is 1.92. The number of morpholine rings is 1. The molecule has 1 fully saturated rings. The molecule has 1 atom stereocenters. The number of nitrogens with zero attached hydrogens (tertiary/aromatic N) is 1. The highest BCUT2D eigenvalue weighted by Gasteiger charge is 2.34. The van der Waals surface area contributed by atoms with Gasteiger partial charge in [0.2, 0.25) is 0 Å². The molecular formula is C16H21F3N2O3. The van der Waals surface area contributed by atoms with Crippen LogP contribution in [0.2, 0.25) is 0 Å². The molecule has 0 unspecified atom stereocenters. The van der Waals surface area contributed by atoms with Crippen LogP contribution in [0.25, 0.3) is 0 Å². The number of carbonyl (C=O) groups excluding carboxylic acids is 1. The van der Waals surface area contributed by atoms with E-state index >= 15 is 0 Å². The van der Waals surface area contributed by atoms with Gasteiger partial charge in [-0.1, -0.05) is 12.1 Å². The Labute approximate surface area is 138 Å². The Bertz CT molecular complexity index is 546. The van der Waals surface area contributed by atoms with E-state index < -0.39 is 23.8 Å². The van der Waals surface area contributed by atoms with Crippen molar-refractivity contribution < 1.29 is 27.4 Å². The molecule has 1 N–H and O–H groups in total. The maximum atomic E-state index is 12.9. The molecule has 1 aliphatic heterocycles. The fourth-order valence-electron chi connectivity index (χ4n) is 2.35. The molecule has 1 saturated heterocycles. The van der Waals surface area contributed by atoms with Gasteiger partial charge in [-0.25, -0.2) is 0 Å². The highest BCUT2D eigenvalue weighted by Crippen LogP contribution is 2.36. The molecule has 0 radical (unpaired) electrons. The summed E-state index contributed by atoms with van der Waals surface area (Å²) in [6.07, 6.45) is -5.54. The van der Waals surface area contributed by atoms with Crippen LogP contribution in [-0.2, 0) is 15.7 Å². The summed E-state index contributed by atoms with van der Waals surface area (Å²) in [7, 11) is 0. The van der Waals surface area contributed by atoms with Crippen LogP contribution in [0.5, 0.6) is 5.75 Å². The lowest BCUT2D eigenvalue weighted by atomic mass is 10.2. The largest absolute Gasteiger partial charge is 0.480 e. The van der Waals surface area contributed by atoms with Gasteiger partial charge in [0.15, 0.2) is 6.10 Å². The lowest BCUT2D eigenvalue weighted by Gasteiger charge is -2.26. The minimum Gasteiger partial charge on any atom is -0.480 e. The average molecular weight is 346 g/mol. The summed E-state index contributed by atoms with van der Waals surface area (Å²) in [6.45, 7) is 5.46. The highest BCUT2D eigenvalue weighted by atomic mass is 19.4. The molecule has 1 aliphatic rings. The number of carbonyl (C=O) groups is 1. The fraction of sp³-hybridized carbons (Fsp3) is 0.562. The Kier molecular flexibility index (Phi) is 6.44. The Hall–Kier alpha value is -1.80. The lowest BCUT2D eigenvalue weighted by molar-refractivity contribution is -0.140. The monoisotopic (exact) mass is 346 g/mol. The van der Waals surface area contributed by atoms with E-state index in [0.717, 1.165) is 19.2 Å². The van der Waals surface area contributed by atoms with E-state index in [2.05, 4.69) is 10.2 Å². The second kappa shape index (κ2) is 8.34. The predicted molar refractivity (Wildman–Crippen MR) is 81.8 cm³/mol. The van der Waals surface area contributed by atoms with E-state index in [1.807, 2.05) is 0 Å². The smallest absolute Gasteiger partial charge is 0.419 e. The molecule has 0 aromatic heterocycles. The van der Waals surface area contributed by atoms with Gasteiger partial charge in [-0.3, -0.25) is 9.69 Å². The van der Waals surface area contributed by atoms with Crippen LogP contribution < -0.4 is 10.1 Å². The van der Waals surface area contributed by atoms with Crippen molar-refractivity contribution in [2.45, 2.75) is 19.2 Å². The zero-order chi connectivity index (χ0) is 17.6. The van der Waals surface area contributed by atoms with Crippen LogP contribution in [0.3, 0.4) is 0 Å². The number of ether oxygens (including phenoxy) is 2. The molecule has 24 heavy (non-hydrogen) atoms. The van der Waals surface area contributed by atoms with Gasteiger partial charge in [0.05, 0.1) is 18.8 Å². The lowest BCUT2D eigenvalue weighted by Crippen LogP contribution is -2.44. The number of rotatable bonds is 6. The van der Waals surface area contributed by atoms with Crippen molar-refractivity contribution in [3.63, 3.8) is 0 Å². The molecule has 8 heteroatoms. The molecule has 2 rings (SSSR count). The summed E-state index contributed by atoms with van der Waals surface area (Å²) in [5.41, 5.74) is -0.891. The summed E-state index contributed by atoms with van der Waals surface area (Å²) in [5.74, 6) is -0.791. The van der Waals surface area contributed by atoms with Crippen LogP contribution >= 0.6 is 0 Å². The van der Waals surface area contributed by atoms with Crippen molar-refractivity contribution >= 4 is 5.91 Å². The topological polar surface area (TPSA) is 50.8 Å². The number of alkyl halides is 3. The van der Waals surface area contributed by atoms with Crippen LogP contribution in [0.1, 0.15) is 12.5 Å². The number of hydrogen-bond donors (Lipinski definition) is 1. The summed E-state index contributed by atoms with van der Waals surface area (Å²) < 4.78 is 49.2. The SMILES string of the molecule is C[C@@H](Oc1ccccc1C(F)(F)F)C(=O)NCCN1CCOCC1. The number of nitrogens with one attached hydrogen (secondary N) is 1. The number of halogens is 3. The van der Waals surface area contributed by atoms with Gasteiger partial charge >= 0.3 is 6.18 Å². The van der Waals surface area contributed by atoms with Crippen molar-refractivity contribution in [2.24, 2.45) is 0 Å². The Morgan fingerprint density at radius 2 is 2.00 bits per heavy atom. The molecule has 134 valence electrons. The van der Waals surface area contributed by atoms with Crippen molar-refractivity contribution in [3.8, 4) is 5.75 Å². The third-order valence-electron chi connectivity index (χ3n) is 3.70. The maximum absolute atomic E-state index is 12.9. The second-order valence-electron chi connectivity index (χ2n) is 5.50. The number of hydrogen-bond acceptors (Lipinski definition) is 4. The molecule has 1 amide bonds. The van der Waals surface area contributed by atoms with E-state index in [4.69, 9.17) is 9.47 Å². The zero-order valence-electron chi connectivity index (χ0n) is 13.4. The van der Waals surface area contributed by atoms with Gasteiger partial charge in [-0.2, -0.15) is 13.2 Å². The van der Waals surface area contributed by atoms with Gasteiger partial charge in [0.25, 0.3) is 5.91 Å². The van der Waals surface area contributed by atoms with Gasteiger partial charge in [-0.15, -0.1) is 0 Å². The molecule has 0 bridgehead atoms. The van der Waals surface area contributed by atoms with Crippen LogP contribution in [0, 0.1) is 0 Å². The summed E-state index contributed by atoms with van der Waals surface area (Å²) in [6, 6.07) is 4.86. The van der Waals surface area contributed by atoms with Gasteiger partial charge < -0.3 is 14.8 Å². The molecule has 0 saturated carbocycles. The van der Waals surface area contributed by atoms with Crippen molar-refractivity contribution in [3.05, 3.63) is 29.8 Å². The molecule has 0 spiro atoms. The maximum Gasteiger partial charge on any atom is 0.419 e. The molecular weight excluding hydrogens is 325 g/mol. The van der Waals surface area contributed by atoms with E-state index in [9.17, 15) is 18.0 Å². The van der Waals surface area contributed by atoms with E-state index in [0.29, 0.717) is 26.3 Å². The first-order valence-corrected chi connectivity index (χ1v) is 7.78. The molecule has 0 aliphatic carbocycles. The Balaban J connectivity index is 1.83. The van der Waals surface area contributed by atoms with Crippen molar-refractivity contribution in [1.82, 2.24) is 10.2 Å². The van der Waals surface area contributed by atoms with E-state index in [1.165, 1.54) is 25.1 Å². The molecule has 1 aromatic rings. The summed E-state index contributed by atoms with van der Waals surface area (Å²) in [5, 5.41) is 2.68. The third-order valence-corrected chi connectivity index (χ3v) is 3.70. The first-order valence-electron chi connectivity index (χ1n) is 7.78. The number of para-hydroxylation sites is 1. The van der Waals surface area contributed by atoms with Crippen LogP contribution in [-0.4, -0.2) is 56.3 Å². The van der Waals surface area contributed by atoms with E-state index in [1.54, 1.807) is 0 Å². The average Bonchev–Trinajstić information content (AvgIpc) is 2.55. The number of amides is 1. The standard InChI is InChI=1S/C16H21F3N2O3/c1-12(15(22)20-6-7-21-8-10-23-11-9-21)24-14-5-3-2-4-13(14)16(17,18)19/h2-5,12H,6-11H2,1H3,(H,20,22)/t12-/m1/s1. The Morgan fingerprint density at radius 1 is 1.33 bits per heavy atom. The quantitative estimate of drug-likeness (QED) is 0.855. The summed E-state index contributed by atoms with van der Waals surface area (Å²) >= 11 is 0. The third kappa shape index (κ3) is 5.38. The minimum absolute atomic E-state index is 0.346. The van der Waals surface area contributed by atoms with Crippen LogP contribution in [0.4, 0.5) is 13.2 Å². The Morgan fingerprint density at radius 3 is 2.67 bits per heavy atom. The fourth-order valence-corrected chi connectivity index (χ4v) is 2.35. The van der Waals surface area contributed by atoms with Gasteiger partial charge in [0.1, 0.15) is 5.75 Å². The molecule has 1 aromatic carbocycles. The molecule has 5 nitrogen and oxygen atoms in total. The first-order chi connectivity index (χ1) is 11.4. The van der Waals surface area contributed by atoms with Crippen molar-refractivity contribution in [1.29, 1.82) is 0 Å². The van der Waals surface area contributed by atoms with Crippen LogP contribution in [0.15, 0.2) is 24.3 Å². The molecule has 1 heterocycles. The number of benzene rings is 1. The normalized spacial score (nSPS) is 17.3. The van der Waals surface area contributed by atoms with E-state index in [-0.39, 0.29) is 5.75 Å². The van der Waals surface area contributed by atoms with Crippen molar-refractivity contribution in [2.75, 3.05) is 39.4 Å². The van der Waals surface area contributed by atoms with Gasteiger partial charge in [0, 0.05) is 26.2 Å². The first kappa shape index (κ1) is 18.5. The zero-order valence-corrected chi connectivity index (χ0v) is 13.4.